The fraction of sp³-hybridized carbons (Fsp3) is 0.273. The number of aryl methyl sites for hydroxylation is 2. The lowest BCUT2D eigenvalue weighted by Gasteiger charge is -2.05. The Kier molecular flexibility index (Phi) is 3.55. The van der Waals surface area contributed by atoms with Crippen molar-refractivity contribution in [2.24, 2.45) is 0 Å². The van der Waals surface area contributed by atoms with E-state index in [1.54, 1.807) is 0 Å². The van der Waals surface area contributed by atoms with Crippen molar-refractivity contribution in [2.75, 3.05) is 11.1 Å². The van der Waals surface area contributed by atoms with Gasteiger partial charge in [0.1, 0.15) is 0 Å². The van der Waals surface area contributed by atoms with Crippen molar-refractivity contribution < 1.29 is 0 Å². The lowest BCUT2D eigenvalue weighted by atomic mass is 10.0. The van der Waals surface area contributed by atoms with Gasteiger partial charge in [0.05, 0.1) is 0 Å². The standard InChI is InChI=1S/C11H14BrN/c1-8-6-10(4-3-5-12)7-9(2)11(8)13/h3-4,6-7H,5,13H2,1-2H3. The Bertz CT molecular complexity index is 306. The molecule has 1 aromatic carbocycles. The second-order valence-corrected chi connectivity index (χ2v) is 3.77. The summed E-state index contributed by atoms with van der Waals surface area (Å²) in [5.74, 6) is 0. The van der Waals surface area contributed by atoms with Crippen LogP contribution in [0.3, 0.4) is 0 Å². The highest BCUT2D eigenvalue weighted by Gasteiger charge is 1.98. The fourth-order valence-corrected chi connectivity index (χ4v) is 1.47. The van der Waals surface area contributed by atoms with Crippen LogP contribution in [-0.2, 0) is 0 Å². The Labute approximate surface area is 87.8 Å². The normalized spacial score (nSPS) is 11.0. The Hall–Kier alpha value is -0.760. The molecule has 0 aliphatic rings. The van der Waals surface area contributed by atoms with Crippen LogP contribution >= 0.6 is 15.9 Å². The molecule has 0 saturated heterocycles. The van der Waals surface area contributed by atoms with Crippen LogP contribution in [0.4, 0.5) is 5.69 Å². The zero-order valence-corrected chi connectivity index (χ0v) is 9.56. The number of halogens is 1. The van der Waals surface area contributed by atoms with E-state index in [4.69, 9.17) is 5.73 Å². The number of hydrogen-bond donors (Lipinski definition) is 1. The third kappa shape index (κ3) is 2.59. The van der Waals surface area contributed by atoms with Gasteiger partial charge < -0.3 is 5.73 Å². The summed E-state index contributed by atoms with van der Waals surface area (Å²) in [5.41, 5.74) is 10.3. The van der Waals surface area contributed by atoms with Gasteiger partial charge >= 0.3 is 0 Å². The number of nitrogens with two attached hydrogens (primary N) is 1. The van der Waals surface area contributed by atoms with Gasteiger partial charge in [0, 0.05) is 11.0 Å². The molecular formula is C11H14BrN. The number of hydrogen-bond acceptors (Lipinski definition) is 1. The topological polar surface area (TPSA) is 26.0 Å². The lowest BCUT2D eigenvalue weighted by Crippen LogP contribution is -1.93. The summed E-state index contributed by atoms with van der Waals surface area (Å²) in [6.07, 6.45) is 4.17. The van der Waals surface area contributed by atoms with E-state index in [1.807, 2.05) is 13.8 Å². The number of benzene rings is 1. The zero-order chi connectivity index (χ0) is 9.84. The molecule has 0 radical (unpaired) electrons. The van der Waals surface area contributed by atoms with Crippen molar-refractivity contribution >= 4 is 27.7 Å². The molecule has 0 aliphatic heterocycles. The van der Waals surface area contributed by atoms with Crippen molar-refractivity contribution in [2.45, 2.75) is 13.8 Å². The van der Waals surface area contributed by atoms with Crippen LogP contribution in [-0.4, -0.2) is 5.33 Å². The van der Waals surface area contributed by atoms with Gasteiger partial charge in [0.2, 0.25) is 0 Å². The quantitative estimate of drug-likeness (QED) is 0.623. The minimum absolute atomic E-state index is 0.884. The summed E-state index contributed by atoms with van der Waals surface area (Å²) >= 11 is 3.35. The summed E-state index contributed by atoms with van der Waals surface area (Å²) in [4.78, 5) is 0. The van der Waals surface area contributed by atoms with Crippen LogP contribution in [0.1, 0.15) is 16.7 Å². The molecule has 0 fully saturated rings. The highest BCUT2D eigenvalue weighted by molar-refractivity contribution is 9.09. The first kappa shape index (κ1) is 10.3. The van der Waals surface area contributed by atoms with Gasteiger partial charge in [0.15, 0.2) is 0 Å². The molecule has 1 aromatic rings. The Morgan fingerprint density at radius 3 is 2.31 bits per heavy atom. The molecular weight excluding hydrogens is 226 g/mol. The third-order valence-electron chi connectivity index (χ3n) is 2.02. The molecule has 2 N–H and O–H groups in total. The fourth-order valence-electron chi connectivity index (χ4n) is 1.29. The molecule has 0 bridgehead atoms. The zero-order valence-electron chi connectivity index (χ0n) is 7.97. The summed E-state index contributed by atoms with van der Waals surface area (Å²) in [7, 11) is 0. The van der Waals surface area contributed by atoms with Crippen molar-refractivity contribution in [1.82, 2.24) is 0 Å². The first-order chi connectivity index (χ1) is 6.15. The summed E-state index contributed by atoms with van der Waals surface area (Å²) in [5, 5.41) is 0.884. The van der Waals surface area contributed by atoms with E-state index in [0.717, 1.165) is 22.1 Å². The molecule has 0 saturated carbocycles. The first-order valence-corrected chi connectivity index (χ1v) is 5.36. The van der Waals surface area contributed by atoms with E-state index >= 15 is 0 Å². The minimum atomic E-state index is 0.884. The smallest absolute Gasteiger partial charge is 0.0373 e. The van der Waals surface area contributed by atoms with Crippen molar-refractivity contribution in [1.29, 1.82) is 0 Å². The summed E-state index contributed by atoms with van der Waals surface area (Å²) < 4.78 is 0. The van der Waals surface area contributed by atoms with E-state index in [1.165, 1.54) is 5.56 Å². The molecule has 0 atom stereocenters. The maximum absolute atomic E-state index is 5.85. The second kappa shape index (κ2) is 4.47. The van der Waals surface area contributed by atoms with Crippen LogP contribution in [0, 0.1) is 13.8 Å². The molecule has 0 aliphatic carbocycles. The van der Waals surface area contributed by atoms with Crippen LogP contribution in [0.25, 0.3) is 6.08 Å². The van der Waals surface area contributed by atoms with E-state index in [9.17, 15) is 0 Å². The van der Waals surface area contributed by atoms with Gasteiger partial charge in [-0.05, 0) is 42.7 Å². The molecule has 1 rings (SSSR count). The van der Waals surface area contributed by atoms with Crippen LogP contribution in [0.2, 0.25) is 0 Å². The molecule has 0 amide bonds. The molecule has 0 unspecified atom stereocenters. The summed E-state index contributed by atoms with van der Waals surface area (Å²) in [6.45, 7) is 4.07. The van der Waals surface area contributed by atoms with Crippen LogP contribution in [0.15, 0.2) is 18.2 Å². The maximum Gasteiger partial charge on any atom is 0.0373 e. The Morgan fingerprint density at radius 2 is 1.85 bits per heavy atom. The van der Waals surface area contributed by atoms with Gasteiger partial charge in [-0.15, -0.1) is 0 Å². The lowest BCUT2D eigenvalue weighted by molar-refractivity contribution is 1.38. The third-order valence-corrected chi connectivity index (χ3v) is 2.39. The van der Waals surface area contributed by atoms with Gasteiger partial charge in [-0.2, -0.15) is 0 Å². The maximum atomic E-state index is 5.85. The first-order valence-electron chi connectivity index (χ1n) is 4.24. The average molecular weight is 240 g/mol. The Morgan fingerprint density at radius 1 is 1.31 bits per heavy atom. The van der Waals surface area contributed by atoms with Crippen molar-refractivity contribution in [3.63, 3.8) is 0 Å². The van der Waals surface area contributed by atoms with E-state index in [-0.39, 0.29) is 0 Å². The van der Waals surface area contributed by atoms with Gasteiger partial charge in [0.25, 0.3) is 0 Å². The highest BCUT2D eigenvalue weighted by atomic mass is 79.9. The molecule has 0 heterocycles. The molecule has 0 spiro atoms. The predicted molar refractivity (Wildman–Crippen MR) is 63.2 cm³/mol. The van der Waals surface area contributed by atoms with Crippen LogP contribution in [0.5, 0.6) is 0 Å². The van der Waals surface area contributed by atoms with E-state index < -0.39 is 0 Å². The predicted octanol–water partition coefficient (Wildman–Crippen LogP) is 3.29. The molecule has 2 heteroatoms. The monoisotopic (exact) mass is 239 g/mol. The number of alkyl halides is 1. The number of rotatable bonds is 2. The number of allylic oxidation sites excluding steroid dienone is 1. The average Bonchev–Trinajstić information content (AvgIpc) is 2.10. The molecule has 13 heavy (non-hydrogen) atoms. The molecule has 1 nitrogen and oxygen atoms in total. The van der Waals surface area contributed by atoms with Gasteiger partial charge in [-0.3, -0.25) is 0 Å². The number of nitrogen functional groups attached to an aromatic ring is 1. The second-order valence-electron chi connectivity index (χ2n) is 3.13. The minimum Gasteiger partial charge on any atom is -0.398 e. The van der Waals surface area contributed by atoms with Crippen molar-refractivity contribution in [3.05, 3.63) is 34.9 Å². The van der Waals surface area contributed by atoms with Gasteiger partial charge in [-0.25, -0.2) is 0 Å². The van der Waals surface area contributed by atoms with E-state index in [0.29, 0.717) is 0 Å². The van der Waals surface area contributed by atoms with Gasteiger partial charge in [-0.1, -0.05) is 28.1 Å². The number of anilines is 1. The highest BCUT2D eigenvalue weighted by Crippen LogP contribution is 2.19. The molecule has 0 aromatic heterocycles. The van der Waals surface area contributed by atoms with E-state index in [2.05, 4.69) is 40.2 Å². The van der Waals surface area contributed by atoms with Crippen LogP contribution < -0.4 is 5.73 Å². The Balaban J connectivity index is 3.06. The SMILES string of the molecule is Cc1cc(C=CCBr)cc(C)c1N. The van der Waals surface area contributed by atoms with Crippen molar-refractivity contribution in [3.8, 4) is 0 Å². The molecule has 70 valence electrons. The summed E-state index contributed by atoms with van der Waals surface area (Å²) in [6, 6.07) is 4.20. The largest absolute Gasteiger partial charge is 0.398 e.